The van der Waals surface area contributed by atoms with Crippen molar-refractivity contribution >= 4 is 15.9 Å². The predicted octanol–water partition coefficient (Wildman–Crippen LogP) is 2.04. The molecular formula is C17H28N2O3S. The summed E-state index contributed by atoms with van der Waals surface area (Å²) < 4.78 is 24.9. The van der Waals surface area contributed by atoms with Gasteiger partial charge >= 0.3 is 0 Å². The molecular weight excluding hydrogens is 312 g/mol. The molecule has 0 aliphatic rings. The molecule has 1 N–H and O–H groups in total. The maximum Gasteiger partial charge on any atom is 0.221 e. The number of carbonyl (C=O) groups excluding carboxylic acids is 1. The largest absolute Gasteiger partial charge is 0.356 e. The lowest BCUT2D eigenvalue weighted by Crippen LogP contribution is -2.36. The molecule has 0 saturated heterocycles. The minimum Gasteiger partial charge on any atom is -0.356 e. The van der Waals surface area contributed by atoms with Crippen molar-refractivity contribution in [2.24, 2.45) is 5.92 Å². The molecule has 0 aliphatic carbocycles. The van der Waals surface area contributed by atoms with Crippen molar-refractivity contribution in [2.45, 2.75) is 33.1 Å². The van der Waals surface area contributed by atoms with Crippen molar-refractivity contribution in [3.63, 3.8) is 0 Å². The van der Waals surface area contributed by atoms with Crippen LogP contribution in [0, 0.1) is 5.92 Å². The Kier molecular flexibility index (Phi) is 8.26. The number of carbonyl (C=O) groups is 1. The normalized spacial score (nSPS) is 11.9. The maximum absolute atomic E-state index is 11.9. The molecule has 0 bridgehead atoms. The summed E-state index contributed by atoms with van der Waals surface area (Å²) in [5.41, 5.74) is 1.17. The summed E-state index contributed by atoms with van der Waals surface area (Å²) in [6, 6.07) is 9.93. The van der Waals surface area contributed by atoms with Gasteiger partial charge in [-0.05, 0) is 24.3 Å². The van der Waals surface area contributed by atoms with Gasteiger partial charge in [-0.1, -0.05) is 44.2 Å². The monoisotopic (exact) mass is 340 g/mol. The van der Waals surface area contributed by atoms with Crippen LogP contribution in [0.2, 0.25) is 0 Å². The smallest absolute Gasteiger partial charge is 0.221 e. The molecule has 0 aromatic heterocycles. The van der Waals surface area contributed by atoms with Gasteiger partial charge in [-0.25, -0.2) is 12.7 Å². The first-order chi connectivity index (χ1) is 10.8. The van der Waals surface area contributed by atoms with Crippen LogP contribution in [0.1, 0.15) is 32.3 Å². The van der Waals surface area contributed by atoms with Crippen molar-refractivity contribution in [3.05, 3.63) is 35.9 Å². The zero-order valence-electron chi connectivity index (χ0n) is 14.3. The van der Waals surface area contributed by atoms with E-state index in [9.17, 15) is 13.2 Å². The van der Waals surface area contributed by atoms with Gasteiger partial charge in [0.1, 0.15) is 0 Å². The van der Waals surface area contributed by atoms with Crippen molar-refractivity contribution in [3.8, 4) is 0 Å². The highest BCUT2D eigenvalue weighted by Crippen LogP contribution is 2.06. The first kappa shape index (κ1) is 19.6. The van der Waals surface area contributed by atoms with Crippen LogP contribution in [0.25, 0.3) is 0 Å². The zero-order chi connectivity index (χ0) is 17.3. The van der Waals surface area contributed by atoms with E-state index in [1.807, 2.05) is 30.3 Å². The van der Waals surface area contributed by atoms with Crippen LogP contribution < -0.4 is 5.32 Å². The molecule has 0 radical (unpaired) electrons. The number of rotatable bonds is 10. The first-order valence-electron chi connectivity index (χ1n) is 8.05. The molecule has 130 valence electrons. The second-order valence-corrected chi connectivity index (χ2v) is 8.16. The van der Waals surface area contributed by atoms with E-state index in [-0.39, 0.29) is 18.9 Å². The number of nitrogens with zero attached hydrogens (tertiary/aromatic N) is 1. The molecule has 5 nitrogen and oxygen atoms in total. The second-order valence-electron chi connectivity index (χ2n) is 6.18. The number of amides is 1. The molecule has 1 aromatic rings. The van der Waals surface area contributed by atoms with Crippen LogP contribution in [0.15, 0.2) is 30.3 Å². The van der Waals surface area contributed by atoms with Gasteiger partial charge in [0.15, 0.2) is 0 Å². The molecule has 23 heavy (non-hydrogen) atoms. The van der Waals surface area contributed by atoms with Gasteiger partial charge in [0, 0.05) is 26.1 Å². The topological polar surface area (TPSA) is 66.5 Å². The van der Waals surface area contributed by atoms with Crippen LogP contribution >= 0.6 is 0 Å². The molecule has 0 aliphatic heterocycles. The predicted molar refractivity (Wildman–Crippen MR) is 93.6 cm³/mol. The minimum absolute atomic E-state index is 0.112. The Morgan fingerprint density at radius 3 is 2.39 bits per heavy atom. The first-order valence-corrected chi connectivity index (χ1v) is 9.89. The Hall–Kier alpha value is -1.40. The van der Waals surface area contributed by atoms with Gasteiger partial charge in [0.25, 0.3) is 0 Å². The molecule has 1 rings (SSSR count). The Morgan fingerprint density at radius 2 is 1.83 bits per heavy atom. The number of sulfonamides is 1. The van der Waals surface area contributed by atoms with Crippen molar-refractivity contribution in [2.75, 3.05) is 25.9 Å². The highest BCUT2D eigenvalue weighted by atomic mass is 32.2. The molecule has 0 saturated carbocycles. The molecule has 0 atom stereocenters. The lowest BCUT2D eigenvalue weighted by atomic mass is 10.1. The van der Waals surface area contributed by atoms with Crippen LogP contribution in [-0.2, 0) is 21.2 Å². The summed E-state index contributed by atoms with van der Waals surface area (Å²) in [5, 5.41) is 2.84. The Bertz CT molecular complexity index is 571. The highest BCUT2D eigenvalue weighted by molar-refractivity contribution is 7.88. The van der Waals surface area contributed by atoms with Crippen LogP contribution in [-0.4, -0.2) is 44.5 Å². The van der Waals surface area contributed by atoms with Gasteiger partial charge in [0.05, 0.1) is 6.26 Å². The standard InChI is InChI=1S/C17H28N2O3S/c1-15(2)10-13-19(23(3,21)22)14-11-17(20)18-12-9-16-7-5-4-6-8-16/h4-8,15H,9-14H2,1-3H3,(H,18,20). The Balaban J connectivity index is 2.34. The molecule has 0 unspecified atom stereocenters. The van der Waals surface area contributed by atoms with E-state index in [0.717, 1.165) is 12.8 Å². The number of hydrogen-bond acceptors (Lipinski definition) is 3. The van der Waals surface area contributed by atoms with Crippen LogP contribution in [0.5, 0.6) is 0 Å². The van der Waals surface area contributed by atoms with Crippen LogP contribution in [0.4, 0.5) is 0 Å². The van der Waals surface area contributed by atoms with Gasteiger partial charge in [0.2, 0.25) is 15.9 Å². The number of hydrogen-bond donors (Lipinski definition) is 1. The second kappa shape index (κ2) is 9.67. The quantitative estimate of drug-likeness (QED) is 0.709. The number of nitrogens with one attached hydrogen (secondary N) is 1. The fraction of sp³-hybridized carbons (Fsp3) is 0.588. The summed E-state index contributed by atoms with van der Waals surface area (Å²) in [5.74, 6) is 0.318. The van der Waals surface area contributed by atoms with E-state index >= 15 is 0 Å². The molecule has 1 amide bonds. The van der Waals surface area contributed by atoms with E-state index in [2.05, 4.69) is 19.2 Å². The third-order valence-corrected chi connectivity index (χ3v) is 4.89. The summed E-state index contributed by atoms with van der Waals surface area (Å²) in [4.78, 5) is 11.9. The molecule has 1 aromatic carbocycles. The van der Waals surface area contributed by atoms with E-state index in [4.69, 9.17) is 0 Å². The van der Waals surface area contributed by atoms with Gasteiger partial charge in [-0.2, -0.15) is 0 Å². The highest BCUT2D eigenvalue weighted by Gasteiger charge is 2.17. The Labute approximate surface area is 140 Å². The fourth-order valence-electron chi connectivity index (χ4n) is 2.15. The van der Waals surface area contributed by atoms with Gasteiger partial charge < -0.3 is 5.32 Å². The van der Waals surface area contributed by atoms with Crippen molar-refractivity contribution in [1.82, 2.24) is 9.62 Å². The fourth-order valence-corrected chi connectivity index (χ4v) is 3.01. The summed E-state index contributed by atoms with van der Waals surface area (Å²) >= 11 is 0. The summed E-state index contributed by atoms with van der Waals surface area (Å²) in [6.45, 7) is 5.37. The number of benzene rings is 1. The summed E-state index contributed by atoms with van der Waals surface area (Å²) in [7, 11) is -3.27. The maximum atomic E-state index is 11.9. The molecule has 0 spiro atoms. The SMILES string of the molecule is CC(C)CCN(CCC(=O)NCCc1ccccc1)S(C)(=O)=O. The van der Waals surface area contributed by atoms with Crippen molar-refractivity contribution in [1.29, 1.82) is 0 Å². The van der Waals surface area contributed by atoms with Gasteiger partial charge in [-0.3, -0.25) is 4.79 Å². The third kappa shape index (κ3) is 8.71. The summed E-state index contributed by atoms with van der Waals surface area (Å²) in [6.07, 6.45) is 2.96. The van der Waals surface area contributed by atoms with Crippen LogP contribution in [0.3, 0.4) is 0 Å². The molecule has 0 fully saturated rings. The van der Waals surface area contributed by atoms with E-state index < -0.39 is 10.0 Å². The lowest BCUT2D eigenvalue weighted by Gasteiger charge is -2.20. The molecule has 0 heterocycles. The lowest BCUT2D eigenvalue weighted by molar-refractivity contribution is -0.121. The van der Waals surface area contributed by atoms with Gasteiger partial charge in [-0.15, -0.1) is 0 Å². The Morgan fingerprint density at radius 1 is 1.17 bits per heavy atom. The van der Waals surface area contributed by atoms with E-state index in [1.165, 1.54) is 16.1 Å². The van der Waals surface area contributed by atoms with E-state index in [1.54, 1.807) is 0 Å². The third-order valence-electron chi connectivity index (χ3n) is 3.59. The van der Waals surface area contributed by atoms with Crippen molar-refractivity contribution < 1.29 is 13.2 Å². The molecule has 6 heteroatoms. The zero-order valence-corrected chi connectivity index (χ0v) is 15.1. The van der Waals surface area contributed by atoms with E-state index in [0.29, 0.717) is 19.0 Å². The average molecular weight is 340 g/mol. The minimum atomic E-state index is -3.27. The average Bonchev–Trinajstić information content (AvgIpc) is 2.46.